The highest BCUT2D eigenvalue weighted by atomic mass is 19.4. The summed E-state index contributed by atoms with van der Waals surface area (Å²) in [4.78, 5) is 0. The first-order valence-electron chi connectivity index (χ1n) is 3.70. The fraction of sp³-hybridized carbons (Fsp3) is 0.222. The van der Waals surface area contributed by atoms with Gasteiger partial charge in [-0.15, -0.1) is 0 Å². The summed E-state index contributed by atoms with van der Waals surface area (Å²) in [5.74, 6) is 0. The summed E-state index contributed by atoms with van der Waals surface area (Å²) in [6, 6.07) is 6.38. The Morgan fingerprint density at radius 1 is 1.21 bits per heavy atom. The number of aliphatic hydroxyl groups is 1. The minimum atomic E-state index is -4.67. The average molecular weight is 201 g/mol. The van der Waals surface area contributed by atoms with E-state index in [9.17, 15) is 13.2 Å². The molecule has 0 fully saturated rings. The number of nitrogens with zero attached hydrogens (tertiary/aromatic N) is 1. The van der Waals surface area contributed by atoms with E-state index in [0.29, 0.717) is 0 Å². The first-order valence-corrected chi connectivity index (χ1v) is 3.70. The first kappa shape index (κ1) is 10.5. The zero-order chi connectivity index (χ0) is 10.8. The Bertz CT molecular complexity index is 350. The molecule has 1 N–H and O–H groups in total. The average Bonchev–Trinajstić information content (AvgIpc) is 2.15. The van der Waals surface area contributed by atoms with Gasteiger partial charge < -0.3 is 5.11 Å². The van der Waals surface area contributed by atoms with Crippen LogP contribution in [0.1, 0.15) is 17.2 Å². The van der Waals surface area contributed by atoms with Crippen molar-refractivity contribution in [2.24, 2.45) is 0 Å². The number of alkyl halides is 3. The highest BCUT2D eigenvalue weighted by Gasteiger charge is 2.39. The Kier molecular flexibility index (Phi) is 2.77. The molecule has 74 valence electrons. The molecule has 1 aromatic rings. The summed E-state index contributed by atoms with van der Waals surface area (Å²) in [5, 5.41) is 17.2. The van der Waals surface area contributed by atoms with E-state index in [2.05, 4.69) is 0 Å². The fourth-order valence-electron chi connectivity index (χ4n) is 0.929. The molecule has 0 amide bonds. The molecule has 1 atom stereocenters. The van der Waals surface area contributed by atoms with Crippen molar-refractivity contribution in [1.82, 2.24) is 0 Å². The van der Waals surface area contributed by atoms with Crippen molar-refractivity contribution in [2.75, 3.05) is 0 Å². The maximum atomic E-state index is 12.0. The molecule has 14 heavy (non-hydrogen) atoms. The number of nitriles is 1. The fourth-order valence-corrected chi connectivity index (χ4v) is 0.929. The van der Waals surface area contributed by atoms with E-state index in [1.54, 1.807) is 6.07 Å². The van der Waals surface area contributed by atoms with Crippen LogP contribution in [-0.4, -0.2) is 11.3 Å². The van der Waals surface area contributed by atoms with Crippen LogP contribution in [0.25, 0.3) is 0 Å². The smallest absolute Gasteiger partial charge is 0.379 e. The zero-order valence-corrected chi connectivity index (χ0v) is 6.92. The van der Waals surface area contributed by atoms with Crippen LogP contribution in [0, 0.1) is 11.3 Å². The minimum absolute atomic E-state index is 0.253. The number of halogens is 3. The maximum absolute atomic E-state index is 12.0. The molecule has 0 aromatic heterocycles. The van der Waals surface area contributed by atoms with Gasteiger partial charge in [-0.3, -0.25) is 0 Å². The van der Waals surface area contributed by atoms with Gasteiger partial charge in [-0.1, -0.05) is 12.1 Å². The largest absolute Gasteiger partial charge is 0.418 e. The summed E-state index contributed by atoms with van der Waals surface area (Å²) >= 11 is 0. The predicted molar refractivity (Wildman–Crippen MR) is 42.2 cm³/mol. The van der Waals surface area contributed by atoms with Crippen LogP contribution in [0.2, 0.25) is 0 Å². The van der Waals surface area contributed by atoms with Crippen LogP contribution in [0.4, 0.5) is 13.2 Å². The normalized spacial score (nSPS) is 13.4. The second-order valence-corrected chi connectivity index (χ2v) is 2.68. The molecular weight excluding hydrogens is 195 g/mol. The van der Waals surface area contributed by atoms with E-state index in [4.69, 9.17) is 10.4 Å². The molecule has 0 radical (unpaired) electrons. The van der Waals surface area contributed by atoms with Gasteiger partial charge in [0.1, 0.15) is 0 Å². The lowest BCUT2D eigenvalue weighted by atomic mass is 10.1. The third-order valence-electron chi connectivity index (χ3n) is 1.67. The van der Waals surface area contributed by atoms with Gasteiger partial charge >= 0.3 is 6.18 Å². The van der Waals surface area contributed by atoms with E-state index >= 15 is 0 Å². The standard InChI is InChI=1S/C9H6F3NO/c10-9(11,12)8(14)7-3-1-6(5-13)2-4-7/h1-4,8,14H/t8-/m0/s1. The van der Waals surface area contributed by atoms with Crippen LogP contribution in [0.15, 0.2) is 24.3 Å². The molecule has 0 aliphatic rings. The Hall–Kier alpha value is -1.54. The van der Waals surface area contributed by atoms with Crippen molar-refractivity contribution in [3.8, 4) is 6.07 Å². The topological polar surface area (TPSA) is 44.0 Å². The summed E-state index contributed by atoms with van der Waals surface area (Å²) in [6.45, 7) is 0. The highest BCUT2D eigenvalue weighted by molar-refractivity contribution is 5.32. The number of aliphatic hydroxyl groups excluding tert-OH is 1. The number of benzene rings is 1. The van der Waals surface area contributed by atoms with E-state index in [1.165, 1.54) is 12.1 Å². The van der Waals surface area contributed by atoms with Crippen molar-refractivity contribution in [1.29, 1.82) is 5.26 Å². The van der Waals surface area contributed by atoms with Gasteiger partial charge in [-0.2, -0.15) is 18.4 Å². The van der Waals surface area contributed by atoms with Crippen LogP contribution >= 0.6 is 0 Å². The van der Waals surface area contributed by atoms with Gasteiger partial charge in [0.2, 0.25) is 0 Å². The Labute approximate surface area is 78.2 Å². The quantitative estimate of drug-likeness (QED) is 0.756. The highest BCUT2D eigenvalue weighted by Crippen LogP contribution is 2.32. The minimum Gasteiger partial charge on any atom is -0.379 e. The van der Waals surface area contributed by atoms with Crippen LogP contribution in [0.3, 0.4) is 0 Å². The predicted octanol–water partition coefficient (Wildman–Crippen LogP) is 2.15. The second-order valence-electron chi connectivity index (χ2n) is 2.68. The summed E-state index contributed by atoms with van der Waals surface area (Å²) in [7, 11) is 0. The third kappa shape index (κ3) is 2.24. The molecule has 0 bridgehead atoms. The molecule has 0 aliphatic heterocycles. The number of rotatable bonds is 1. The zero-order valence-electron chi connectivity index (χ0n) is 6.92. The molecule has 5 heteroatoms. The molecule has 0 spiro atoms. The van der Waals surface area contributed by atoms with Crippen molar-refractivity contribution in [3.05, 3.63) is 35.4 Å². The molecule has 0 unspecified atom stereocenters. The van der Waals surface area contributed by atoms with Crippen molar-refractivity contribution < 1.29 is 18.3 Å². The summed E-state index contributed by atoms with van der Waals surface area (Å²) in [6.07, 6.45) is -7.16. The second kappa shape index (κ2) is 3.68. The van der Waals surface area contributed by atoms with E-state index in [-0.39, 0.29) is 11.1 Å². The van der Waals surface area contributed by atoms with Crippen molar-refractivity contribution in [3.63, 3.8) is 0 Å². The first-order chi connectivity index (χ1) is 6.45. The molecule has 1 aromatic carbocycles. The number of hydrogen-bond donors (Lipinski definition) is 1. The lowest BCUT2D eigenvalue weighted by Gasteiger charge is -2.14. The van der Waals surface area contributed by atoms with Gasteiger partial charge in [0.15, 0.2) is 6.10 Å². The Morgan fingerprint density at radius 2 is 1.71 bits per heavy atom. The number of hydrogen-bond acceptors (Lipinski definition) is 2. The van der Waals surface area contributed by atoms with Gasteiger partial charge in [0.25, 0.3) is 0 Å². The Balaban J connectivity index is 2.94. The van der Waals surface area contributed by atoms with Crippen molar-refractivity contribution >= 4 is 0 Å². The monoisotopic (exact) mass is 201 g/mol. The lowest BCUT2D eigenvalue weighted by Crippen LogP contribution is -2.19. The molecule has 0 saturated carbocycles. The Morgan fingerprint density at radius 3 is 2.07 bits per heavy atom. The van der Waals surface area contributed by atoms with Gasteiger partial charge in [0.05, 0.1) is 11.6 Å². The van der Waals surface area contributed by atoms with Gasteiger partial charge in [-0.25, -0.2) is 0 Å². The molecular formula is C9H6F3NO. The lowest BCUT2D eigenvalue weighted by molar-refractivity contribution is -0.206. The van der Waals surface area contributed by atoms with E-state index in [1.807, 2.05) is 0 Å². The van der Waals surface area contributed by atoms with E-state index < -0.39 is 12.3 Å². The maximum Gasteiger partial charge on any atom is 0.418 e. The van der Waals surface area contributed by atoms with Crippen LogP contribution < -0.4 is 0 Å². The molecule has 0 heterocycles. The molecule has 2 nitrogen and oxygen atoms in total. The SMILES string of the molecule is N#Cc1ccc([C@H](O)C(F)(F)F)cc1. The van der Waals surface area contributed by atoms with Gasteiger partial charge in [0, 0.05) is 0 Å². The summed E-state index contributed by atoms with van der Waals surface area (Å²) < 4.78 is 36.0. The van der Waals surface area contributed by atoms with E-state index in [0.717, 1.165) is 12.1 Å². The third-order valence-corrected chi connectivity index (χ3v) is 1.67. The van der Waals surface area contributed by atoms with Crippen molar-refractivity contribution in [2.45, 2.75) is 12.3 Å². The molecule has 0 aliphatic carbocycles. The van der Waals surface area contributed by atoms with Crippen LogP contribution in [0.5, 0.6) is 0 Å². The summed E-state index contributed by atoms with van der Waals surface area (Å²) in [5.41, 5.74) is -0.0142. The molecule has 1 rings (SSSR count). The van der Waals surface area contributed by atoms with Crippen LogP contribution in [-0.2, 0) is 0 Å². The molecule has 0 saturated heterocycles. The van der Waals surface area contributed by atoms with Gasteiger partial charge in [-0.05, 0) is 17.7 Å².